The Balaban J connectivity index is 1.50. The van der Waals surface area contributed by atoms with Gasteiger partial charge in [-0.15, -0.1) is 0 Å². The first-order valence-corrected chi connectivity index (χ1v) is 10.6. The van der Waals surface area contributed by atoms with Crippen molar-refractivity contribution in [2.45, 2.75) is 50.4 Å². The van der Waals surface area contributed by atoms with Crippen molar-refractivity contribution in [3.63, 3.8) is 0 Å². The summed E-state index contributed by atoms with van der Waals surface area (Å²) < 4.78 is 38.8. The third-order valence-corrected chi connectivity index (χ3v) is 6.63. The maximum Gasteiger partial charge on any atom is 0.417 e. The third-order valence-electron chi connectivity index (χ3n) is 5.94. The highest BCUT2D eigenvalue weighted by molar-refractivity contribution is 9.10. The number of hydrogen-bond acceptors (Lipinski definition) is 2. The highest BCUT2D eigenvalue weighted by atomic mass is 79.9. The Labute approximate surface area is 181 Å². The number of aromatic nitrogens is 1. The Morgan fingerprint density at radius 1 is 1.27 bits per heavy atom. The van der Waals surface area contributed by atoms with Crippen LogP contribution in [0.4, 0.5) is 18.9 Å². The van der Waals surface area contributed by atoms with E-state index in [1.165, 1.54) is 6.07 Å². The van der Waals surface area contributed by atoms with Crippen molar-refractivity contribution in [2.75, 3.05) is 0 Å². The number of alkyl halides is 3. The lowest BCUT2D eigenvalue weighted by Gasteiger charge is -2.36. The normalized spacial score (nSPS) is 22.9. The molecular formula is C22H19BrF3N3O. The van der Waals surface area contributed by atoms with Gasteiger partial charge >= 0.3 is 6.18 Å². The van der Waals surface area contributed by atoms with E-state index in [-0.39, 0.29) is 18.0 Å². The highest BCUT2D eigenvalue weighted by Crippen LogP contribution is 2.47. The Morgan fingerprint density at radius 2 is 2.07 bits per heavy atom. The quantitative estimate of drug-likeness (QED) is 0.503. The van der Waals surface area contributed by atoms with Crippen LogP contribution < -0.4 is 0 Å². The molecule has 0 spiro atoms. The number of pyridine rings is 1. The molecule has 0 radical (unpaired) electrons. The number of amides is 1. The van der Waals surface area contributed by atoms with Gasteiger partial charge in [-0.25, -0.2) is 4.85 Å². The standard InChI is InChI=1S/C22H19BrF3N3O/c1-27-16-6-9-19(23)18(11-16)21(30)29-17(7-2-13-10-20(13)29)8-5-15-4-3-14(12-28-15)22(24,25)26/h3-4,6,9,11-13,17,20H,2,5,7-8,10H2/t13-,17+,20+/m1/s1. The van der Waals surface area contributed by atoms with Crippen LogP contribution in [-0.4, -0.2) is 27.9 Å². The van der Waals surface area contributed by atoms with Crippen molar-refractivity contribution < 1.29 is 18.0 Å². The van der Waals surface area contributed by atoms with Gasteiger partial charge in [0.25, 0.3) is 5.91 Å². The summed E-state index contributed by atoms with van der Waals surface area (Å²) in [5.74, 6) is 0.433. The van der Waals surface area contributed by atoms with Crippen LogP contribution in [-0.2, 0) is 12.6 Å². The first-order chi connectivity index (χ1) is 14.3. The molecule has 156 valence electrons. The lowest BCUT2D eigenvalue weighted by atomic mass is 9.96. The zero-order valence-electron chi connectivity index (χ0n) is 16.0. The molecule has 1 aromatic carbocycles. The molecule has 30 heavy (non-hydrogen) atoms. The molecule has 0 unspecified atom stereocenters. The van der Waals surface area contributed by atoms with Crippen LogP contribution in [0.25, 0.3) is 4.85 Å². The van der Waals surface area contributed by atoms with Crippen molar-refractivity contribution in [2.24, 2.45) is 5.92 Å². The largest absolute Gasteiger partial charge is 0.417 e. The highest BCUT2D eigenvalue weighted by Gasteiger charge is 2.50. The van der Waals surface area contributed by atoms with E-state index in [0.717, 1.165) is 31.5 Å². The average molecular weight is 478 g/mol. The number of carbonyl (C=O) groups is 1. The summed E-state index contributed by atoms with van der Waals surface area (Å²) in [6.45, 7) is 7.21. The molecule has 1 saturated carbocycles. The van der Waals surface area contributed by atoms with Gasteiger partial charge in [0.15, 0.2) is 5.69 Å². The van der Waals surface area contributed by atoms with E-state index < -0.39 is 11.7 Å². The second kappa shape index (κ2) is 8.03. The van der Waals surface area contributed by atoms with Gasteiger partial charge in [0.1, 0.15) is 0 Å². The molecule has 2 aliphatic rings. The van der Waals surface area contributed by atoms with Crippen molar-refractivity contribution in [1.82, 2.24) is 9.88 Å². The third kappa shape index (κ3) is 4.22. The molecule has 0 N–H and O–H groups in total. The van der Waals surface area contributed by atoms with Gasteiger partial charge in [-0.2, -0.15) is 13.2 Å². The maximum atomic E-state index is 13.4. The van der Waals surface area contributed by atoms with Crippen molar-refractivity contribution in [3.05, 3.63) is 69.2 Å². The van der Waals surface area contributed by atoms with E-state index in [1.54, 1.807) is 18.2 Å². The van der Waals surface area contributed by atoms with Crippen LogP contribution in [0.5, 0.6) is 0 Å². The minimum absolute atomic E-state index is 0.00818. The van der Waals surface area contributed by atoms with Gasteiger partial charge in [-0.05, 0) is 56.2 Å². The van der Waals surface area contributed by atoms with Gasteiger partial charge in [0.05, 0.1) is 12.1 Å². The van der Waals surface area contributed by atoms with Gasteiger partial charge in [-0.3, -0.25) is 9.78 Å². The number of halogens is 4. The minimum atomic E-state index is -4.40. The van der Waals surface area contributed by atoms with E-state index in [2.05, 4.69) is 25.8 Å². The second-order valence-electron chi connectivity index (χ2n) is 7.86. The molecule has 3 atom stereocenters. The second-order valence-corrected chi connectivity index (χ2v) is 8.71. The zero-order valence-corrected chi connectivity index (χ0v) is 17.6. The summed E-state index contributed by atoms with van der Waals surface area (Å²) in [5, 5.41) is 0. The van der Waals surface area contributed by atoms with Crippen LogP contribution in [0.15, 0.2) is 41.0 Å². The van der Waals surface area contributed by atoms with Crippen molar-refractivity contribution in [1.29, 1.82) is 0 Å². The predicted octanol–water partition coefficient (Wildman–Crippen LogP) is 6.04. The van der Waals surface area contributed by atoms with Crippen LogP contribution in [0.2, 0.25) is 0 Å². The number of nitrogens with zero attached hydrogens (tertiary/aromatic N) is 3. The predicted molar refractivity (Wildman–Crippen MR) is 109 cm³/mol. The lowest BCUT2D eigenvalue weighted by molar-refractivity contribution is -0.137. The number of benzene rings is 1. The van der Waals surface area contributed by atoms with E-state index in [4.69, 9.17) is 6.57 Å². The summed E-state index contributed by atoms with van der Waals surface area (Å²) in [4.78, 5) is 22.7. The Morgan fingerprint density at radius 3 is 2.73 bits per heavy atom. The van der Waals surface area contributed by atoms with E-state index in [0.29, 0.717) is 40.2 Å². The molecule has 1 aromatic heterocycles. The molecule has 4 rings (SSSR count). The molecule has 8 heteroatoms. The van der Waals surface area contributed by atoms with Crippen LogP contribution >= 0.6 is 15.9 Å². The van der Waals surface area contributed by atoms with Crippen molar-refractivity contribution >= 4 is 27.5 Å². The molecule has 2 heterocycles. The van der Waals surface area contributed by atoms with Crippen LogP contribution in [0.3, 0.4) is 0 Å². The first-order valence-electron chi connectivity index (χ1n) is 9.79. The average Bonchev–Trinajstić information content (AvgIpc) is 3.51. The molecule has 2 aromatic rings. The molecule has 2 fully saturated rings. The summed E-state index contributed by atoms with van der Waals surface area (Å²) in [5.41, 5.74) is 0.723. The minimum Gasteiger partial charge on any atom is -0.332 e. The number of piperidine rings is 1. The SMILES string of the molecule is [C-]#[N+]c1ccc(Br)c(C(=O)N2[C@H](CCc3ccc(C(F)(F)F)cn3)CC[C@@H]3C[C@@H]32)c1. The maximum absolute atomic E-state index is 13.4. The van der Waals surface area contributed by atoms with E-state index in [1.807, 2.05) is 4.90 Å². The number of rotatable bonds is 4. The number of fused-ring (bicyclic) bond motifs is 1. The lowest BCUT2D eigenvalue weighted by Crippen LogP contribution is -2.45. The Kier molecular flexibility index (Phi) is 5.58. The molecule has 0 bridgehead atoms. The van der Waals surface area contributed by atoms with Gasteiger partial charge in [0, 0.05) is 34.0 Å². The number of aryl methyl sites for hydroxylation is 1. The molecule has 1 aliphatic carbocycles. The first kappa shape index (κ1) is 20.9. The molecule has 1 aliphatic heterocycles. The molecule has 4 nitrogen and oxygen atoms in total. The summed E-state index contributed by atoms with van der Waals surface area (Å²) in [6.07, 6.45) is 0.535. The monoisotopic (exact) mass is 477 g/mol. The fraction of sp³-hybridized carbons (Fsp3) is 0.409. The Hall–Kier alpha value is -2.40. The van der Waals surface area contributed by atoms with Gasteiger partial charge < -0.3 is 4.90 Å². The smallest absolute Gasteiger partial charge is 0.332 e. The fourth-order valence-electron chi connectivity index (χ4n) is 4.24. The van der Waals surface area contributed by atoms with Crippen LogP contribution in [0, 0.1) is 12.5 Å². The van der Waals surface area contributed by atoms with Crippen molar-refractivity contribution in [3.8, 4) is 0 Å². The number of carbonyl (C=O) groups excluding carboxylic acids is 1. The van der Waals surface area contributed by atoms with Gasteiger partial charge in [0.2, 0.25) is 0 Å². The molecular weight excluding hydrogens is 459 g/mol. The van der Waals surface area contributed by atoms with E-state index >= 15 is 0 Å². The number of likely N-dealkylation sites (tertiary alicyclic amines) is 1. The topological polar surface area (TPSA) is 37.6 Å². The number of hydrogen-bond donors (Lipinski definition) is 0. The van der Waals surface area contributed by atoms with E-state index in [9.17, 15) is 18.0 Å². The molecule has 1 saturated heterocycles. The Bertz CT molecular complexity index is 1000. The summed E-state index contributed by atoms with van der Waals surface area (Å²) in [7, 11) is 0. The fourth-order valence-corrected chi connectivity index (χ4v) is 4.66. The van der Waals surface area contributed by atoms with Crippen LogP contribution in [0.1, 0.15) is 47.3 Å². The summed E-state index contributed by atoms with van der Waals surface area (Å²) in [6, 6.07) is 7.67. The molecule has 1 amide bonds. The van der Waals surface area contributed by atoms with Gasteiger partial charge in [-0.1, -0.05) is 28.1 Å². The zero-order chi connectivity index (χ0) is 21.5. The summed E-state index contributed by atoms with van der Waals surface area (Å²) >= 11 is 3.43.